The fraction of sp³-hybridized carbons (Fsp3) is 0.333. The van der Waals surface area contributed by atoms with Gasteiger partial charge in [0, 0.05) is 17.9 Å². The third kappa shape index (κ3) is 4.11. The summed E-state index contributed by atoms with van der Waals surface area (Å²) in [5.74, 6) is 0.676. The van der Waals surface area contributed by atoms with Crippen LogP contribution < -0.4 is 20.1 Å². The lowest BCUT2D eigenvalue weighted by Gasteiger charge is -2.31. The molecule has 1 aliphatic rings. The molecule has 140 valence electrons. The van der Waals surface area contributed by atoms with E-state index in [9.17, 15) is 10.1 Å². The first kappa shape index (κ1) is 19.7. The summed E-state index contributed by atoms with van der Waals surface area (Å²) in [4.78, 5) is 13.0. The number of nitrogens with two attached hydrogens (primary N) is 1. The molecule has 7 nitrogen and oxygen atoms in total. The van der Waals surface area contributed by atoms with E-state index in [1.54, 1.807) is 12.1 Å². The molecule has 2 N–H and O–H groups in total. The minimum absolute atomic E-state index is 0. The largest absolute Gasteiger partial charge is 0.496 e. The number of anilines is 2. The Morgan fingerprint density at radius 3 is 2.85 bits per heavy atom. The van der Waals surface area contributed by atoms with E-state index in [1.165, 1.54) is 18.7 Å². The van der Waals surface area contributed by atoms with Crippen molar-refractivity contribution in [3.8, 4) is 11.5 Å². The summed E-state index contributed by atoms with van der Waals surface area (Å²) in [6, 6.07) is 10.5. The van der Waals surface area contributed by atoms with Crippen LogP contribution in [0, 0.1) is 10.1 Å². The van der Waals surface area contributed by atoms with Crippen molar-refractivity contribution in [3.63, 3.8) is 0 Å². The molecule has 0 saturated heterocycles. The fourth-order valence-electron chi connectivity index (χ4n) is 3.11. The minimum atomic E-state index is -0.464. The number of nitrogen functional groups attached to an aromatic ring is 1. The number of nitrogens with zero attached hydrogens (tertiary/aromatic N) is 2. The first-order chi connectivity index (χ1) is 12.1. The number of hydrogen-bond acceptors (Lipinski definition) is 6. The SMILES string of the molecule is COc1ccc(OCCN2CCCc3c(N)cccc32)c([N+](=O)[O-])c1.Cl. The lowest BCUT2D eigenvalue weighted by molar-refractivity contribution is -0.385. The van der Waals surface area contributed by atoms with Crippen molar-refractivity contribution < 1.29 is 14.4 Å². The monoisotopic (exact) mass is 379 g/mol. The van der Waals surface area contributed by atoms with Gasteiger partial charge in [-0.15, -0.1) is 12.4 Å². The number of nitro benzene ring substituents is 1. The van der Waals surface area contributed by atoms with Gasteiger partial charge in [0.15, 0.2) is 5.75 Å². The highest BCUT2D eigenvalue weighted by Crippen LogP contribution is 2.32. The predicted molar refractivity (Wildman–Crippen MR) is 104 cm³/mol. The van der Waals surface area contributed by atoms with E-state index in [1.807, 2.05) is 12.1 Å². The average molecular weight is 380 g/mol. The molecule has 2 aromatic carbocycles. The molecule has 0 fully saturated rings. The Balaban J connectivity index is 0.00000243. The Labute approximate surface area is 158 Å². The van der Waals surface area contributed by atoms with Crippen molar-refractivity contribution in [2.24, 2.45) is 0 Å². The molecule has 0 bridgehead atoms. The molecule has 0 spiro atoms. The second-order valence-electron chi connectivity index (χ2n) is 5.87. The highest BCUT2D eigenvalue weighted by atomic mass is 35.5. The van der Waals surface area contributed by atoms with Crippen LogP contribution in [0.4, 0.5) is 17.1 Å². The number of ether oxygens (including phenoxy) is 2. The Morgan fingerprint density at radius 2 is 2.12 bits per heavy atom. The third-order valence-electron chi connectivity index (χ3n) is 4.36. The summed E-state index contributed by atoms with van der Waals surface area (Å²) in [5.41, 5.74) is 9.07. The number of methoxy groups -OCH3 is 1. The van der Waals surface area contributed by atoms with Crippen LogP contribution in [-0.2, 0) is 6.42 Å². The van der Waals surface area contributed by atoms with Gasteiger partial charge in [-0.05, 0) is 42.7 Å². The zero-order valence-electron chi connectivity index (χ0n) is 14.5. The van der Waals surface area contributed by atoms with Gasteiger partial charge in [-0.25, -0.2) is 0 Å². The summed E-state index contributed by atoms with van der Waals surface area (Å²) < 4.78 is 10.7. The number of halogens is 1. The molecule has 3 rings (SSSR count). The standard InChI is InChI=1S/C18H21N3O4.ClH/c1-24-13-7-8-18(17(12-13)21(22)23)25-11-10-20-9-3-4-14-15(19)5-2-6-16(14)20;/h2,5-8,12H,3-4,9-11,19H2,1H3;1H. The van der Waals surface area contributed by atoms with Crippen LogP contribution in [0.1, 0.15) is 12.0 Å². The van der Waals surface area contributed by atoms with Gasteiger partial charge in [0.1, 0.15) is 12.4 Å². The molecule has 0 radical (unpaired) electrons. The van der Waals surface area contributed by atoms with Crippen molar-refractivity contribution >= 4 is 29.5 Å². The maximum Gasteiger partial charge on any atom is 0.314 e. The van der Waals surface area contributed by atoms with Crippen LogP contribution in [0.5, 0.6) is 11.5 Å². The van der Waals surface area contributed by atoms with E-state index in [-0.39, 0.29) is 23.8 Å². The number of rotatable bonds is 6. The second kappa shape index (κ2) is 8.62. The summed E-state index contributed by atoms with van der Waals surface area (Å²) >= 11 is 0. The van der Waals surface area contributed by atoms with Gasteiger partial charge >= 0.3 is 5.69 Å². The van der Waals surface area contributed by atoms with E-state index in [0.29, 0.717) is 18.9 Å². The zero-order chi connectivity index (χ0) is 17.8. The maximum atomic E-state index is 11.2. The summed E-state index contributed by atoms with van der Waals surface area (Å²) in [6.07, 6.45) is 2.01. The van der Waals surface area contributed by atoms with Crippen LogP contribution in [0.25, 0.3) is 0 Å². The number of nitro groups is 1. The van der Waals surface area contributed by atoms with Gasteiger partial charge in [-0.1, -0.05) is 6.07 Å². The van der Waals surface area contributed by atoms with Crippen LogP contribution >= 0.6 is 12.4 Å². The molecule has 0 unspecified atom stereocenters. The maximum absolute atomic E-state index is 11.2. The van der Waals surface area contributed by atoms with Crippen LogP contribution in [0.2, 0.25) is 0 Å². The van der Waals surface area contributed by atoms with Gasteiger partial charge in [-0.2, -0.15) is 0 Å². The van der Waals surface area contributed by atoms with Crippen LogP contribution in [0.3, 0.4) is 0 Å². The minimum Gasteiger partial charge on any atom is -0.496 e. The molecule has 0 aliphatic carbocycles. The second-order valence-corrected chi connectivity index (χ2v) is 5.87. The summed E-state index contributed by atoms with van der Waals surface area (Å²) in [5, 5.41) is 11.2. The Morgan fingerprint density at radius 1 is 1.31 bits per heavy atom. The van der Waals surface area contributed by atoms with E-state index >= 15 is 0 Å². The molecular weight excluding hydrogens is 358 g/mol. The van der Waals surface area contributed by atoms with Crippen molar-refractivity contribution in [2.45, 2.75) is 12.8 Å². The Hall–Kier alpha value is -2.67. The number of fused-ring (bicyclic) bond motifs is 1. The topological polar surface area (TPSA) is 90.9 Å². The van der Waals surface area contributed by atoms with Crippen molar-refractivity contribution in [1.29, 1.82) is 0 Å². The van der Waals surface area contributed by atoms with Crippen LogP contribution in [0.15, 0.2) is 36.4 Å². The van der Waals surface area contributed by atoms with E-state index in [4.69, 9.17) is 15.2 Å². The average Bonchev–Trinajstić information content (AvgIpc) is 2.62. The quantitative estimate of drug-likeness (QED) is 0.469. The molecule has 1 heterocycles. The molecule has 26 heavy (non-hydrogen) atoms. The van der Waals surface area contributed by atoms with Crippen molar-refractivity contribution in [3.05, 3.63) is 52.1 Å². The molecule has 0 aromatic heterocycles. The highest BCUT2D eigenvalue weighted by Gasteiger charge is 2.20. The lowest BCUT2D eigenvalue weighted by atomic mass is 10.00. The number of benzene rings is 2. The molecule has 1 aliphatic heterocycles. The smallest absolute Gasteiger partial charge is 0.314 e. The van der Waals surface area contributed by atoms with Gasteiger partial charge in [0.2, 0.25) is 0 Å². The van der Waals surface area contributed by atoms with E-state index in [0.717, 1.165) is 30.8 Å². The third-order valence-corrected chi connectivity index (χ3v) is 4.36. The molecule has 0 saturated carbocycles. The molecule has 8 heteroatoms. The van der Waals surface area contributed by atoms with Crippen LogP contribution in [-0.4, -0.2) is 31.7 Å². The van der Waals surface area contributed by atoms with Gasteiger partial charge in [0.25, 0.3) is 0 Å². The summed E-state index contributed by atoms with van der Waals surface area (Å²) in [7, 11) is 1.47. The van der Waals surface area contributed by atoms with Crippen molar-refractivity contribution in [2.75, 3.05) is 37.4 Å². The molecule has 0 atom stereocenters. The highest BCUT2D eigenvalue weighted by molar-refractivity contribution is 5.85. The predicted octanol–water partition coefficient (Wildman–Crippen LogP) is 3.44. The lowest BCUT2D eigenvalue weighted by Crippen LogP contribution is -2.33. The van der Waals surface area contributed by atoms with Crippen molar-refractivity contribution in [1.82, 2.24) is 0 Å². The van der Waals surface area contributed by atoms with Gasteiger partial charge in [0.05, 0.1) is 24.6 Å². The van der Waals surface area contributed by atoms with E-state index in [2.05, 4.69) is 11.0 Å². The molecule has 0 amide bonds. The first-order valence-corrected chi connectivity index (χ1v) is 8.17. The van der Waals surface area contributed by atoms with E-state index < -0.39 is 4.92 Å². The normalized spacial score (nSPS) is 12.7. The Kier molecular flexibility index (Phi) is 6.52. The van der Waals surface area contributed by atoms with Gasteiger partial charge in [-0.3, -0.25) is 10.1 Å². The number of hydrogen-bond donors (Lipinski definition) is 1. The Bertz CT molecular complexity index is 785. The first-order valence-electron chi connectivity index (χ1n) is 8.17. The fourth-order valence-corrected chi connectivity index (χ4v) is 3.11. The van der Waals surface area contributed by atoms with Gasteiger partial charge < -0.3 is 20.1 Å². The molecule has 2 aromatic rings. The summed E-state index contributed by atoms with van der Waals surface area (Å²) in [6.45, 7) is 1.91. The molecular formula is C18H22ClN3O4. The zero-order valence-corrected chi connectivity index (χ0v) is 15.3.